The number of aryl methyl sites for hydroxylation is 1. The van der Waals surface area contributed by atoms with Crippen LogP contribution in [0, 0.1) is 6.92 Å². The van der Waals surface area contributed by atoms with Gasteiger partial charge in [0.15, 0.2) is 0 Å². The number of nitrogens with zero attached hydrogens (tertiary/aromatic N) is 2. The number of ketones is 1. The van der Waals surface area contributed by atoms with E-state index in [2.05, 4.69) is 20.8 Å². The van der Waals surface area contributed by atoms with Gasteiger partial charge >= 0.3 is 0 Å². The monoisotopic (exact) mass is 324 g/mol. The number of carbonyl (C=O) groups excluding carboxylic acids is 2. The van der Waals surface area contributed by atoms with E-state index in [-0.39, 0.29) is 0 Å². The minimum absolute atomic E-state index is 0.399. The number of hydrogen-bond donors (Lipinski definition) is 0. The SMILES string of the molecule is Cc1cc(Br)cc2c1N(CCCN(C)C)C(=O)C2=O. The molecule has 0 bridgehead atoms. The Kier molecular flexibility index (Phi) is 4.06. The second-order valence-corrected chi connectivity index (χ2v) is 5.98. The molecule has 1 aliphatic rings. The molecule has 0 N–H and O–H groups in total. The van der Waals surface area contributed by atoms with E-state index < -0.39 is 11.7 Å². The number of anilines is 1. The second-order valence-electron chi connectivity index (χ2n) is 5.06. The highest BCUT2D eigenvalue weighted by Gasteiger charge is 2.36. The van der Waals surface area contributed by atoms with Gasteiger partial charge in [0, 0.05) is 11.0 Å². The van der Waals surface area contributed by atoms with Crippen molar-refractivity contribution in [2.75, 3.05) is 32.1 Å². The minimum atomic E-state index is -0.407. The molecule has 1 amide bonds. The van der Waals surface area contributed by atoms with Crippen molar-refractivity contribution < 1.29 is 9.59 Å². The Labute approximate surface area is 121 Å². The van der Waals surface area contributed by atoms with Gasteiger partial charge in [-0.15, -0.1) is 0 Å². The van der Waals surface area contributed by atoms with E-state index in [1.54, 1.807) is 11.0 Å². The largest absolute Gasteiger partial charge is 0.309 e. The molecular formula is C14H17BrN2O2. The van der Waals surface area contributed by atoms with Crippen molar-refractivity contribution in [1.82, 2.24) is 4.90 Å². The van der Waals surface area contributed by atoms with Crippen LogP contribution in [0.3, 0.4) is 0 Å². The zero-order valence-corrected chi connectivity index (χ0v) is 13.0. The molecule has 0 fully saturated rings. The van der Waals surface area contributed by atoms with Crippen LogP contribution in [0.25, 0.3) is 0 Å². The lowest BCUT2D eigenvalue weighted by Crippen LogP contribution is -2.32. The molecule has 1 aromatic carbocycles. The van der Waals surface area contributed by atoms with Crippen LogP contribution in [0.2, 0.25) is 0 Å². The molecule has 0 saturated heterocycles. The van der Waals surface area contributed by atoms with Crippen LogP contribution in [-0.2, 0) is 4.79 Å². The first-order valence-corrected chi connectivity index (χ1v) is 7.02. The number of halogens is 1. The Bertz CT molecular complexity index is 540. The van der Waals surface area contributed by atoms with Crippen molar-refractivity contribution in [3.05, 3.63) is 27.7 Å². The van der Waals surface area contributed by atoms with E-state index in [9.17, 15) is 9.59 Å². The number of hydrogen-bond acceptors (Lipinski definition) is 3. The summed E-state index contributed by atoms with van der Waals surface area (Å²) in [4.78, 5) is 27.7. The molecule has 19 heavy (non-hydrogen) atoms. The molecule has 102 valence electrons. The number of Topliss-reactive ketones (excluding diaryl/α,β-unsaturated/α-hetero) is 1. The van der Waals surface area contributed by atoms with E-state index in [0.29, 0.717) is 12.1 Å². The molecule has 0 aromatic heterocycles. The fourth-order valence-electron chi connectivity index (χ4n) is 2.36. The lowest BCUT2D eigenvalue weighted by atomic mass is 10.1. The van der Waals surface area contributed by atoms with Crippen LogP contribution in [0.15, 0.2) is 16.6 Å². The summed E-state index contributed by atoms with van der Waals surface area (Å²) in [5.74, 6) is -0.806. The fourth-order valence-corrected chi connectivity index (χ4v) is 2.94. The molecule has 0 spiro atoms. The van der Waals surface area contributed by atoms with Crippen LogP contribution in [0.1, 0.15) is 22.3 Å². The number of benzene rings is 1. The van der Waals surface area contributed by atoms with E-state index >= 15 is 0 Å². The summed E-state index contributed by atoms with van der Waals surface area (Å²) in [6.45, 7) is 3.40. The average Bonchev–Trinajstić information content (AvgIpc) is 2.54. The highest BCUT2D eigenvalue weighted by Crippen LogP contribution is 2.34. The van der Waals surface area contributed by atoms with Crippen molar-refractivity contribution in [3.63, 3.8) is 0 Å². The highest BCUT2D eigenvalue weighted by atomic mass is 79.9. The first-order valence-electron chi connectivity index (χ1n) is 6.23. The van der Waals surface area contributed by atoms with Crippen LogP contribution in [0.4, 0.5) is 5.69 Å². The average molecular weight is 325 g/mol. The van der Waals surface area contributed by atoms with Crippen LogP contribution in [-0.4, -0.2) is 43.8 Å². The highest BCUT2D eigenvalue weighted by molar-refractivity contribution is 9.10. The molecule has 0 aliphatic carbocycles. The number of amides is 1. The predicted molar refractivity (Wildman–Crippen MR) is 78.7 cm³/mol. The quantitative estimate of drug-likeness (QED) is 0.797. The number of rotatable bonds is 4. The Morgan fingerprint density at radius 2 is 1.95 bits per heavy atom. The lowest BCUT2D eigenvalue weighted by molar-refractivity contribution is -0.114. The topological polar surface area (TPSA) is 40.6 Å². The minimum Gasteiger partial charge on any atom is -0.309 e. The maximum atomic E-state index is 12.0. The summed E-state index contributed by atoms with van der Waals surface area (Å²) in [7, 11) is 3.99. The molecule has 1 heterocycles. The van der Waals surface area contributed by atoms with Crippen molar-refractivity contribution in [3.8, 4) is 0 Å². The van der Waals surface area contributed by atoms with E-state index in [4.69, 9.17) is 0 Å². The van der Waals surface area contributed by atoms with Gasteiger partial charge in [-0.3, -0.25) is 9.59 Å². The van der Waals surface area contributed by atoms with E-state index in [0.717, 1.165) is 28.7 Å². The maximum Gasteiger partial charge on any atom is 0.299 e. The van der Waals surface area contributed by atoms with Crippen molar-refractivity contribution >= 4 is 33.3 Å². The van der Waals surface area contributed by atoms with Crippen molar-refractivity contribution in [1.29, 1.82) is 0 Å². The van der Waals surface area contributed by atoms with Crippen LogP contribution < -0.4 is 4.90 Å². The first kappa shape index (κ1) is 14.2. The summed E-state index contributed by atoms with van der Waals surface area (Å²) in [6, 6.07) is 3.66. The summed E-state index contributed by atoms with van der Waals surface area (Å²) in [5, 5.41) is 0. The summed E-state index contributed by atoms with van der Waals surface area (Å²) in [6.07, 6.45) is 0.848. The van der Waals surface area contributed by atoms with Gasteiger partial charge < -0.3 is 9.80 Å². The molecule has 0 saturated carbocycles. The Morgan fingerprint density at radius 3 is 2.58 bits per heavy atom. The molecule has 1 aromatic rings. The zero-order chi connectivity index (χ0) is 14.2. The molecule has 0 unspecified atom stereocenters. The van der Waals surface area contributed by atoms with E-state index in [1.807, 2.05) is 27.1 Å². The van der Waals surface area contributed by atoms with Crippen molar-refractivity contribution in [2.45, 2.75) is 13.3 Å². The van der Waals surface area contributed by atoms with Crippen LogP contribution >= 0.6 is 15.9 Å². The third kappa shape index (κ3) is 2.72. The Hall–Kier alpha value is -1.20. The van der Waals surface area contributed by atoms with E-state index in [1.165, 1.54) is 0 Å². The molecule has 1 aliphatic heterocycles. The molecule has 4 nitrogen and oxygen atoms in total. The lowest BCUT2D eigenvalue weighted by Gasteiger charge is -2.19. The first-order chi connectivity index (χ1) is 8.91. The van der Waals surface area contributed by atoms with Gasteiger partial charge in [-0.1, -0.05) is 15.9 Å². The maximum absolute atomic E-state index is 12.0. The smallest absolute Gasteiger partial charge is 0.299 e. The predicted octanol–water partition coefficient (Wildman–Crippen LogP) is 2.24. The number of fused-ring (bicyclic) bond motifs is 1. The normalized spacial score (nSPS) is 14.5. The third-order valence-electron chi connectivity index (χ3n) is 3.21. The Morgan fingerprint density at radius 1 is 1.26 bits per heavy atom. The van der Waals surface area contributed by atoms with Gasteiger partial charge in [0.25, 0.3) is 11.7 Å². The summed E-state index contributed by atoms with van der Waals surface area (Å²) < 4.78 is 0.833. The standard InChI is InChI=1S/C14H17BrN2O2/c1-9-7-10(15)8-11-12(9)17(14(19)13(11)18)6-4-5-16(2)3/h7-8H,4-6H2,1-3H3. The van der Waals surface area contributed by atoms with Crippen molar-refractivity contribution in [2.24, 2.45) is 0 Å². The summed E-state index contributed by atoms with van der Waals surface area (Å²) in [5.41, 5.74) is 2.24. The molecule has 2 rings (SSSR count). The zero-order valence-electron chi connectivity index (χ0n) is 11.4. The van der Waals surface area contributed by atoms with Gasteiger partial charge in [0.05, 0.1) is 11.3 Å². The molecular weight excluding hydrogens is 308 g/mol. The second kappa shape index (κ2) is 5.43. The fraction of sp³-hybridized carbons (Fsp3) is 0.429. The van der Waals surface area contributed by atoms with Gasteiger partial charge in [-0.2, -0.15) is 0 Å². The molecule has 0 atom stereocenters. The van der Waals surface area contributed by atoms with Crippen LogP contribution in [0.5, 0.6) is 0 Å². The molecule has 0 radical (unpaired) electrons. The summed E-state index contributed by atoms with van der Waals surface area (Å²) >= 11 is 3.37. The van der Waals surface area contributed by atoms with Gasteiger partial charge in [-0.25, -0.2) is 0 Å². The Balaban J connectivity index is 2.28. The third-order valence-corrected chi connectivity index (χ3v) is 3.66. The van der Waals surface area contributed by atoms with Gasteiger partial charge in [-0.05, 0) is 51.7 Å². The van der Waals surface area contributed by atoms with Gasteiger partial charge in [0.1, 0.15) is 0 Å². The molecule has 5 heteroatoms. The number of carbonyl (C=O) groups is 2. The van der Waals surface area contributed by atoms with Gasteiger partial charge in [0.2, 0.25) is 0 Å².